The number of nitrogens with zero attached hydrogens (tertiary/aromatic N) is 3. The Morgan fingerprint density at radius 1 is 0.408 bits per heavy atom. The molecule has 0 bridgehead atoms. The Balaban J connectivity index is 1.66. The zero-order valence-electron chi connectivity index (χ0n) is 41.4. The second-order valence-electron chi connectivity index (χ2n) is 17.6. The molecule has 380 valence electrons. The minimum Gasteiger partial charge on any atom is -0.489 e. The average Bonchev–Trinajstić information content (AvgIpc) is 3.30. The van der Waals surface area contributed by atoms with Gasteiger partial charge in [-0.05, 0) is 132 Å². The molecule has 4 rings (SSSR count). The van der Waals surface area contributed by atoms with Crippen LogP contribution in [0, 0.1) is 12.8 Å². The van der Waals surface area contributed by atoms with Crippen molar-refractivity contribution >= 4 is 47.3 Å². The number of rotatable bonds is 21. The second kappa shape index (κ2) is 27.2. The normalized spacial score (nSPS) is 10.8. The molecule has 4 aromatic rings. The molecule has 0 spiro atoms. The van der Waals surface area contributed by atoms with E-state index in [4.69, 9.17) is 14.2 Å². The molecular weight excluding hydrogens is 919 g/mol. The van der Waals surface area contributed by atoms with E-state index in [0.717, 1.165) is 5.56 Å². The van der Waals surface area contributed by atoms with Gasteiger partial charge in [-0.15, -0.1) is 0 Å². The number of likely N-dealkylation sites (N-methyl/N-ethyl adjacent to an activating group) is 3. The van der Waals surface area contributed by atoms with Crippen LogP contribution in [0.15, 0.2) is 78.9 Å². The fraction of sp³-hybridized carbons (Fsp3) is 0.347. The van der Waals surface area contributed by atoms with Crippen molar-refractivity contribution in [1.82, 2.24) is 58.1 Å². The number of hydrazine groups is 4. The van der Waals surface area contributed by atoms with Crippen molar-refractivity contribution in [2.24, 2.45) is 5.92 Å². The summed E-state index contributed by atoms with van der Waals surface area (Å²) in [5.41, 5.74) is 21.1. The lowest BCUT2D eigenvalue weighted by Crippen LogP contribution is -2.46. The largest absolute Gasteiger partial charge is 0.489 e. The van der Waals surface area contributed by atoms with Gasteiger partial charge in [0.1, 0.15) is 37.1 Å². The van der Waals surface area contributed by atoms with Crippen LogP contribution in [0.25, 0.3) is 0 Å². The molecule has 71 heavy (non-hydrogen) atoms. The van der Waals surface area contributed by atoms with E-state index in [1.165, 1.54) is 36.4 Å². The Morgan fingerprint density at radius 3 is 1.04 bits per heavy atom. The average molecular weight is 982 g/mol. The maximum atomic E-state index is 13.3. The van der Waals surface area contributed by atoms with E-state index in [-0.39, 0.29) is 85.5 Å². The third-order valence-electron chi connectivity index (χ3n) is 9.45. The molecule has 0 saturated carbocycles. The van der Waals surface area contributed by atoms with E-state index in [0.29, 0.717) is 22.4 Å². The molecule has 0 heterocycles. The molecule has 8 amide bonds. The Labute approximate surface area is 412 Å². The minimum absolute atomic E-state index is 0.000775. The van der Waals surface area contributed by atoms with E-state index in [2.05, 4.69) is 43.4 Å². The van der Waals surface area contributed by atoms with Crippen molar-refractivity contribution in [2.45, 2.75) is 47.0 Å². The number of carbonyl (C=O) groups excluding carboxylic acids is 8. The molecule has 4 aromatic carbocycles. The van der Waals surface area contributed by atoms with Gasteiger partial charge in [0, 0.05) is 34.7 Å². The summed E-state index contributed by atoms with van der Waals surface area (Å²) < 4.78 is 18.6. The summed E-state index contributed by atoms with van der Waals surface area (Å²) in [6, 6.07) is 20.9. The van der Waals surface area contributed by atoms with Gasteiger partial charge in [0.25, 0.3) is 41.4 Å². The summed E-state index contributed by atoms with van der Waals surface area (Å²) >= 11 is 0. The molecule has 0 fully saturated rings. The van der Waals surface area contributed by atoms with Crippen molar-refractivity contribution in [2.75, 3.05) is 61.9 Å². The molecule has 22 heteroatoms. The fourth-order valence-electron chi connectivity index (χ4n) is 6.29. The number of ether oxygens (including phenoxy) is 3. The van der Waals surface area contributed by atoms with Crippen LogP contribution < -0.4 is 57.6 Å². The number of benzene rings is 4. The Hall–Kier alpha value is -8.08. The lowest BCUT2D eigenvalue weighted by Gasteiger charge is -2.16. The van der Waals surface area contributed by atoms with Gasteiger partial charge < -0.3 is 28.9 Å². The number of hydrogen-bond donors (Lipinski definition) is 8. The van der Waals surface area contributed by atoms with Crippen molar-refractivity contribution in [3.8, 4) is 17.2 Å². The molecule has 0 aliphatic carbocycles. The molecule has 0 unspecified atom stereocenters. The van der Waals surface area contributed by atoms with Gasteiger partial charge in [0.05, 0.1) is 19.6 Å². The van der Waals surface area contributed by atoms with Crippen LogP contribution in [0.2, 0.25) is 0 Å². The van der Waals surface area contributed by atoms with Crippen molar-refractivity contribution in [3.63, 3.8) is 0 Å². The van der Waals surface area contributed by atoms with E-state index >= 15 is 0 Å². The number of hydrogen-bond acceptors (Lipinski definition) is 14. The van der Waals surface area contributed by atoms with Crippen molar-refractivity contribution < 1.29 is 52.6 Å². The van der Waals surface area contributed by atoms with E-state index in [1.807, 2.05) is 45.0 Å². The number of amides is 8. The van der Waals surface area contributed by atoms with Gasteiger partial charge in [0.15, 0.2) is 0 Å². The first-order valence-corrected chi connectivity index (χ1v) is 22.3. The highest BCUT2D eigenvalue weighted by atomic mass is 16.5. The van der Waals surface area contributed by atoms with Crippen molar-refractivity contribution in [3.05, 3.63) is 123 Å². The fourth-order valence-corrected chi connectivity index (χ4v) is 6.29. The van der Waals surface area contributed by atoms with Gasteiger partial charge in [-0.2, -0.15) is 0 Å². The topological polar surface area (TPSA) is 270 Å². The zero-order valence-corrected chi connectivity index (χ0v) is 41.4. The van der Waals surface area contributed by atoms with E-state index in [1.54, 1.807) is 75.2 Å². The van der Waals surface area contributed by atoms with Crippen LogP contribution in [0.1, 0.15) is 84.0 Å². The van der Waals surface area contributed by atoms with Gasteiger partial charge in [0.2, 0.25) is 5.91 Å². The Morgan fingerprint density at radius 2 is 0.718 bits per heavy atom. The van der Waals surface area contributed by atoms with E-state index in [9.17, 15) is 38.4 Å². The summed E-state index contributed by atoms with van der Waals surface area (Å²) in [6.45, 7) is 5.32. The lowest BCUT2D eigenvalue weighted by atomic mass is 10.0. The standard InChI is InChI=1S/C49H63N11O11/c1-30(2)14-42(61)50-54-46(65)35-15-32(16-36(21-35)47(66)55-51-43(62)24-58(4)5)27-70-40-19-34(29-69-39-12-10-31(3)11-13-39)20-41(23-40)71-28-33-17-37(48(67)56-52-44(63)25-59(6)7)22-38(18-33)49(68)57-53-45(64)26-60(8)9/h10-13,15-23,30H,14,24-29H2,1-9H3,(H,50,61)(H,51,62)(H,52,63)(H,53,64)(H,54,65)(H,55,66)(H,56,67)(H,57,68). The van der Waals surface area contributed by atoms with Crippen LogP contribution in [-0.4, -0.2) is 124 Å². The maximum Gasteiger partial charge on any atom is 0.269 e. The third-order valence-corrected chi connectivity index (χ3v) is 9.45. The molecule has 0 radical (unpaired) electrons. The summed E-state index contributed by atoms with van der Waals surface area (Å²) in [5, 5.41) is 0. The highest BCUT2D eigenvalue weighted by Gasteiger charge is 2.19. The highest BCUT2D eigenvalue weighted by molar-refractivity contribution is 6.02. The van der Waals surface area contributed by atoms with Gasteiger partial charge >= 0.3 is 0 Å². The quantitative estimate of drug-likeness (QED) is 0.0551. The molecule has 0 saturated heterocycles. The molecule has 22 nitrogen and oxygen atoms in total. The first-order chi connectivity index (χ1) is 33.6. The van der Waals surface area contributed by atoms with Gasteiger partial charge in [-0.1, -0.05) is 31.5 Å². The smallest absolute Gasteiger partial charge is 0.269 e. The summed E-state index contributed by atoms with van der Waals surface area (Å²) in [6.07, 6.45) is 0.161. The lowest BCUT2D eigenvalue weighted by molar-refractivity contribution is -0.123. The number of nitrogens with one attached hydrogen (secondary N) is 8. The maximum absolute atomic E-state index is 13.3. The first-order valence-electron chi connectivity index (χ1n) is 22.3. The monoisotopic (exact) mass is 981 g/mol. The second-order valence-corrected chi connectivity index (χ2v) is 17.6. The molecule has 0 aliphatic heterocycles. The molecule has 0 aliphatic rings. The van der Waals surface area contributed by atoms with Crippen LogP contribution in [0.4, 0.5) is 0 Å². The Bertz CT molecular complexity index is 2290. The zero-order chi connectivity index (χ0) is 52.2. The minimum atomic E-state index is -0.734. The molecule has 8 N–H and O–H groups in total. The van der Waals surface area contributed by atoms with E-state index < -0.39 is 47.3 Å². The van der Waals surface area contributed by atoms with Gasteiger partial charge in [-0.25, -0.2) is 0 Å². The number of carbonyl (C=O) groups is 8. The first kappa shape index (κ1) is 55.5. The van der Waals surface area contributed by atoms with Crippen molar-refractivity contribution in [1.29, 1.82) is 0 Å². The number of aryl methyl sites for hydroxylation is 1. The summed E-state index contributed by atoms with van der Waals surface area (Å²) in [4.78, 5) is 107. The Kier molecular flexibility index (Phi) is 21.3. The predicted molar refractivity (Wildman–Crippen MR) is 261 cm³/mol. The molecule has 0 aromatic heterocycles. The molecular formula is C49H63N11O11. The summed E-state index contributed by atoms with van der Waals surface area (Å²) in [5.74, 6) is -3.60. The van der Waals surface area contributed by atoms with Crippen LogP contribution in [-0.2, 0) is 39.0 Å². The predicted octanol–water partition coefficient (Wildman–Crippen LogP) is 1.51. The third kappa shape index (κ3) is 20.2. The summed E-state index contributed by atoms with van der Waals surface area (Å²) in [7, 11) is 10.1. The van der Waals surface area contributed by atoms with Gasteiger partial charge in [-0.3, -0.25) is 81.8 Å². The van der Waals surface area contributed by atoms with Crippen LogP contribution >= 0.6 is 0 Å². The SMILES string of the molecule is Cc1ccc(OCc2cc(OCc3cc(C(=O)NNC(=O)CC(C)C)cc(C(=O)NNC(=O)CN(C)C)c3)cc(OCc3cc(C(=O)NNC(=O)CN(C)C)cc(C(=O)NNC(=O)CN(C)C)c3)c2)cc1. The van der Waals surface area contributed by atoms with Crippen LogP contribution in [0.3, 0.4) is 0 Å². The van der Waals surface area contributed by atoms with Crippen LogP contribution in [0.5, 0.6) is 17.2 Å². The highest BCUT2D eigenvalue weighted by Crippen LogP contribution is 2.27. The molecule has 0 atom stereocenters.